The van der Waals surface area contributed by atoms with E-state index in [9.17, 15) is 24.3 Å². The van der Waals surface area contributed by atoms with Crippen molar-refractivity contribution in [1.29, 1.82) is 0 Å². The van der Waals surface area contributed by atoms with E-state index in [0.29, 0.717) is 25.1 Å². The molecule has 2 atom stereocenters. The van der Waals surface area contributed by atoms with Crippen LogP contribution in [0.1, 0.15) is 55.4 Å². The first-order valence-electron chi connectivity index (χ1n) is 14.1. The summed E-state index contributed by atoms with van der Waals surface area (Å²) >= 11 is 13.1. The number of aromatic nitrogens is 2. The van der Waals surface area contributed by atoms with Crippen molar-refractivity contribution in [2.45, 2.75) is 37.9 Å². The van der Waals surface area contributed by atoms with Gasteiger partial charge < -0.3 is 30.9 Å². The lowest BCUT2D eigenvalue weighted by Crippen LogP contribution is -2.50. The first-order chi connectivity index (χ1) is 21.2. The van der Waals surface area contributed by atoms with Gasteiger partial charge in [0.25, 0.3) is 11.8 Å². The molecule has 2 aliphatic rings. The molecule has 0 saturated heterocycles. The van der Waals surface area contributed by atoms with Crippen LogP contribution in [0.2, 0.25) is 10.0 Å². The predicted molar refractivity (Wildman–Crippen MR) is 164 cm³/mol. The first-order valence-corrected chi connectivity index (χ1v) is 14.8. The summed E-state index contributed by atoms with van der Waals surface area (Å²) in [6.07, 6.45) is 3.56. The third kappa shape index (κ3) is 5.80. The molecule has 0 bridgehead atoms. The van der Waals surface area contributed by atoms with Gasteiger partial charge in [0.1, 0.15) is 6.04 Å². The van der Waals surface area contributed by atoms with E-state index in [4.69, 9.17) is 23.2 Å². The zero-order valence-corrected chi connectivity index (χ0v) is 24.8. The Labute approximate surface area is 261 Å². The van der Waals surface area contributed by atoms with Gasteiger partial charge in [-0.15, -0.1) is 0 Å². The van der Waals surface area contributed by atoms with Crippen LogP contribution in [-0.4, -0.2) is 62.9 Å². The van der Waals surface area contributed by atoms with Crippen molar-refractivity contribution in [1.82, 2.24) is 30.8 Å². The molecule has 6 rings (SSSR count). The van der Waals surface area contributed by atoms with E-state index in [1.807, 2.05) is 42.5 Å². The summed E-state index contributed by atoms with van der Waals surface area (Å²) in [4.78, 5) is 60.1. The summed E-state index contributed by atoms with van der Waals surface area (Å²) < 4.78 is 0. The van der Waals surface area contributed by atoms with E-state index in [2.05, 4.69) is 25.9 Å². The number of carbonyl (C=O) groups excluding carboxylic acids is 3. The van der Waals surface area contributed by atoms with Gasteiger partial charge in [0, 0.05) is 18.7 Å². The average molecular weight is 636 g/mol. The number of urea groups is 1. The number of carbonyl (C=O) groups is 4. The van der Waals surface area contributed by atoms with E-state index >= 15 is 0 Å². The highest BCUT2D eigenvalue weighted by Crippen LogP contribution is 2.35. The molecule has 0 fully saturated rings. The van der Waals surface area contributed by atoms with Crippen LogP contribution in [0.3, 0.4) is 0 Å². The Morgan fingerprint density at radius 1 is 1.11 bits per heavy atom. The lowest BCUT2D eigenvalue weighted by atomic mass is 9.95. The highest BCUT2D eigenvalue weighted by molar-refractivity contribution is 6.41. The van der Waals surface area contributed by atoms with Crippen LogP contribution in [0.15, 0.2) is 54.9 Å². The summed E-state index contributed by atoms with van der Waals surface area (Å²) in [5.74, 6) is -2.46. The molecule has 0 spiro atoms. The molecule has 13 heteroatoms. The number of imidazole rings is 1. The minimum absolute atomic E-state index is 0.00776. The monoisotopic (exact) mass is 634 g/mol. The van der Waals surface area contributed by atoms with Crippen LogP contribution < -0.4 is 16.0 Å². The third-order valence-corrected chi connectivity index (χ3v) is 8.78. The molecule has 226 valence electrons. The van der Waals surface area contributed by atoms with Crippen molar-refractivity contribution in [2.24, 2.45) is 0 Å². The van der Waals surface area contributed by atoms with Crippen molar-refractivity contribution in [3.63, 3.8) is 0 Å². The molecule has 1 aromatic heterocycles. The number of benzene rings is 3. The lowest BCUT2D eigenvalue weighted by Gasteiger charge is -2.30. The summed E-state index contributed by atoms with van der Waals surface area (Å²) in [5.41, 5.74) is 5.42. The van der Waals surface area contributed by atoms with Crippen LogP contribution in [0.4, 0.5) is 4.79 Å². The molecule has 0 radical (unpaired) electrons. The van der Waals surface area contributed by atoms with Gasteiger partial charge in [-0.3, -0.25) is 9.59 Å². The normalized spacial score (nSPS) is 16.3. The van der Waals surface area contributed by atoms with E-state index in [1.165, 1.54) is 6.07 Å². The van der Waals surface area contributed by atoms with Gasteiger partial charge >= 0.3 is 12.0 Å². The minimum Gasteiger partial charge on any atom is -0.480 e. The predicted octanol–water partition coefficient (Wildman–Crippen LogP) is 4.24. The van der Waals surface area contributed by atoms with Crippen molar-refractivity contribution >= 4 is 58.1 Å². The van der Waals surface area contributed by atoms with Crippen LogP contribution in [0.5, 0.6) is 0 Å². The number of aromatic amines is 1. The van der Waals surface area contributed by atoms with Crippen LogP contribution in [-0.2, 0) is 24.2 Å². The Morgan fingerprint density at radius 2 is 1.93 bits per heavy atom. The van der Waals surface area contributed by atoms with E-state index < -0.39 is 23.9 Å². The number of carboxylic acid groups (broad SMARTS) is 1. The number of nitrogens with zero attached hydrogens (tertiary/aromatic N) is 2. The maximum Gasteiger partial charge on any atom is 0.328 e. The number of fused-ring (bicyclic) bond motifs is 3. The maximum atomic E-state index is 13.4. The Bertz CT molecular complexity index is 1810. The molecule has 3 aromatic carbocycles. The molecule has 4 aromatic rings. The van der Waals surface area contributed by atoms with Gasteiger partial charge in [0.15, 0.2) is 0 Å². The number of aliphatic carboxylic acids is 1. The van der Waals surface area contributed by atoms with Crippen molar-refractivity contribution in [3.8, 4) is 0 Å². The van der Waals surface area contributed by atoms with Gasteiger partial charge in [-0.2, -0.15) is 0 Å². The molecule has 4 amide bonds. The number of halogens is 2. The quantitative estimate of drug-likeness (QED) is 0.195. The molecule has 0 saturated carbocycles. The molecule has 11 nitrogen and oxygen atoms in total. The summed E-state index contributed by atoms with van der Waals surface area (Å²) in [5, 5.41) is 17.4. The Balaban J connectivity index is 1.11. The van der Waals surface area contributed by atoms with E-state index in [-0.39, 0.29) is 39.7 Å². The third-order valence-electron chi connectivity index (χ3n) is 8.06. The lowest BCUT2D eigenvalue weighted by molar-refractivity contribution is -0.139. The van der Waals surface area contributed by atoms with Crippen molar-refractivity contribution in [2.75, 3.05) is 13.1 Å². The fraction of sp³-hybridized carbons (Fsp3) is 0.258. The molecular weight excluding hydrogens is 607 g/mol. The second-order valence-electron chi connectivity index (χ2n) is 10.8. The second-order valence-corrected chi connectivity index (χ2v) is 11.6. The van der Waals surface area contributed by atoms with Crippen molar-refractivity contribution < 1.29 is 24.3 Å². The van der Waals surface area contributed by atoms with Crippen molar-refractivity contribution in [3.05, 3.63) is 98.3 Å². The average Bonchev–Trinajstić information content (AvgIpc) is 3.63. The first kappa shape index (κ1) is 29.5. The number of carboxylic acids is 1. The topological polar surface area (TPSA) is 157 Å². The number of amides is 4. The summed E-state index contributed by atoms with van der Waals surface area (Å²) in [6.45, 7) is 0.343. The van der Waals surface area contributed by atoms with Crippen LogP contribution in [0, 0.1) is 0 Å². The Morgan fingerprint density at radius 3 is 2.75 bits per heavy atom. The molecule has 1 aliphatic heterocycles. The SMILES string of the molecule is O=C(NC[C@H](NC(=O)c1c(Cl)cc2c(c1Cl)CCN(Cc1ccc3nc[nH]c3c1)C2=O)C(=O)O)N[C@@H]1CCc2ccccc21. The highest BCUT2D eigenvalue weighted by Gasteiger charge is 2.32. The molecule has 5 N–H and O–H groups in total. The van der Waals surface area contributed by atoms with Gasteiger partial charge in [0.2, 0.25) is 0 Å². The second kappa shape index (κ2) is 12.2. The van der Waals surface area contributed by atoms with E-state index in [0.717, 1.165) is 40.6 Å². The Hall–Kier alpha value is -4.61. The van der Waals surface area contributed by atoms with E-state index in [1.54, 1.807) is 11.2 Å². The number of hydrogen-bond acceptors (Lipinski definition) is 5. The summed E-state index contributed by atoms with van der Waals surface area (Å²) in [7, 11) is 0. The van der Waals surface area contributed by atoms with Gasteiger partial charge in [0.05, 0.1) is 45.6 Å². The zero-order chi connectivity index (χ0) is 31.0. The molecule has 2 heterocycles. The minimum atomic E-state index is -1.46. The number of aryl methyl sites for hydroxylation is 1. The molecular formula is C31H28Cl2N6O5. The zero-order valence-electron chi connectivity index (χ0n) is 23.3. The fourth-order valence-electron chi connectivity index (χ4n) is 5.82. The standard InChI is InChI=1S/C31H28Cl2N6O5/c32-21-12-20-19(9-10-39(29(20)41)14-16-5-7-23-24(11-16)36-15-35-23)27(33)26(21)28(40)37-25(30(42)43)13-34-31(44)38-22-8-6-17-3-1-2-4-18(17)22/h1-5,7,11-12,15,22,25H,6,8-10,13-14H2,(H,35,36)(H,37,40)(H,42,43)(H2,34,38,44)/t22-,25+/m1/s1. The van der Waals surface area contributed by atoms with Crippen LogP contribution in [0.25, 0.3) is 11.0 Å². The van der Waals surface area contributed by atoms with Gasteiger partial charge in [-0.1, -0.05) is 53.5 Å². The largest absolute Gasteiger partial charge is 0.480 e. The highest BCUT2D eigenvalue weighted by atomic mass is 35.5. The molecule has 44 heavy (non-hydrogen) atoms. The van der Waals surface area contributed by atoms with Gasteiger partial charge in [-0.25, -0.2) is 14.6 Å². The molecule has 1 aliphatic carbocycles. The fourth-order valence-corrected chi connectivity index (χ4v) is 6.54. The Kier molecular flexibility index (Phi) is 8.15. The van der Waals surface area contributed by atoms with Crippen LogP contribution >= 0.6 is 23.2 Å². The number of H-pyrrole nitrogens is 1. The number of hydrogen-bond donors (Lipinski definition) is 5. The number of nitrogens with one attached hydrogen (secondary N) is 4. The van der Waals surface area contributed by atoms with Gasteiger partial charge in [-0.05, 0) is 59.7 Å². The maximum absolute atomic E-state index is 13.4. The smallest absolute Gasteiger partial charge is 0.328 e. The number of rotatable bonds is 8. The molecule has 0 unspecified atom stereocenters. The summed E-state index contributed by atoms with van der Waals surface area (Å²) in [6, 6.07) is 12.7.